The minimum atomic E-state index is -0.110. The van der Waals surface area contributed by atoms with Gasteiger partial charge in [0.2, 0.25) is 0 Å². The molecule has 0 bridgehead atoms. The quantitative estimate of drug-likeness (QED) is 0.938. The van der Waals surface area contributed by atoms with Crippen LogP contribution in [-0.4, -0.2) is 26.9 Å². The number of carbonyl (C=O) groups excluding carboxylic acids is 1. The Morgan fingerprint density at radius 3 is 2.86 bits per heavy atom. The molecule has 0 radical (unpaired) electrons. The molecule has 2 heterocycles. The number of amides is 1. The minimum Gasteiger partial charge on any atom is -0.506 e. The third kappa shape index (κ3) is 3.07. The summed E-state index contributed by atoms with van der Waals surface area (Å²) < 4.78 is 5.37. The van der Waals surface area contributed by atoms with Crippen LogP contribution in [0.1, 0.15) is 41.8 Å². The van der Waals surface area contributed by atoms with Crippen LogP contribution >= 0.6 is 0 Å². The fourth-order valence-corrected chi connectivity index (χ4v) is 2.86. The highest BCUT2D eigenvalue weighted by Crippen LogP contribution is 2.27. The van der Waals surface area contributed by atoms with Crippen LogP contribution in [0.5, 0.6) is 5.75 Å². The second-order valence-electron chi connectivity index (χ2n) is 5.38. The summed E-state index contributed by atoms with van der Waals surface area (Å²) in [4.78, 5) is 18.5. The predicted octanol–water partition coefficient (Wildman–Crippen LogP) is 2.97. The molecule has 2 aromatic heterocycles. The fourth-order valence-electron chi connectivity index (χ4n) is 2.86. The third-order valence-corrected chi connectivity index (χ3v) is 3.90. The van der Waals surface area contributed by atoms with Crippen LogP contribution in [0.25, 0.3) is 0 Å². The van der Waals surface area contributed by atoms with Crippen LogP contribution in [0.4, 0.5) is 0 Å². The van der Waals surface area contributed by atoms with Gasteiger partial charge in [0, 0.05) is 12.2 Å². The SMILES string of the molecule is O=C(c1cncc(O)c1)N(Cc1ccco1)C1CCCC1. The van der Waals surface area contributed by atoms with E-state index >= 15 is 0 Å². The summed E-state index contributed by atoms with van der Waals surface area (Å²) >= 11 is 0. The molecule has 21 heavy (non-hydrogen) atoms. The van der Waals surface area contributed by atoms with Crippen molar-refractivity contribution in [2.24, 2.45) is 0 Å². The van der Waals surface area contributed by atoms with Gasteiger partial charge in [0.05, 0.1) is 24.6 Å². The van der Waals surface area contributed by atoms with Crippen molar-refractivity contribution in [3.05, 3.63) is 48.2 Å². The van der Waals surface area contributed by atoms with Gasteiger partial charge in [-0.3, -0.25) is 9.78 Å². The second kappa shape index (κ2) is 5.99. The third-order valence-electron chi connectivity index (χ3n) is 3.90. The Morgan fingerprint density at radius 1 is 1.38 bits per heavy atom. The van der Waals surface area contributed by atoms with Crippen molar-refractivity contribution in [3.63, 3.8) is 0 Å². The standard InChI is InChI=1S/C16H18N2O3/c19-14-8-12(9-17-10-14)16(20)18(13-4-1-2-5-13)11-15-6-3-7-21-15/h3,6-10,13,19H,1-2,4-5,11H2. The van der Waals surface area contributed by atoms with E-state index in [9.17, 15) is 9.90 Å². The monoisotopic (exact) mass is 286 g/mol. The zero-order valence-electron chi connectivity index (χ0n) is 11.7. The Labute approximate surface area is 123 Å². The Bertz CT molecular complexity index is 604. The molecule has 2 aromatic rings. The molecule has 5 nitrogen and oxygen atoms in total. The first kappa shape index (κ1) is 13.7. The van der Waals surface area contributed by atoms with E-state index < -0.39 is 0 Å². The summed E-state index contributed by atoms with van der Waals surface area (Å²) in [5.41, 5.74) is 0.411. The molecular weight excluding hydrogens is 268 g/mol. The van der Waals surface area contributed by atoms with E-state index in [1.54, 1.807) is 6.26 Å². The van der Waals surface area contributed by atoms with Crippen LogP contribution in [0, 0.1) is 0 Å². The van der Waals surface area contributed by atoms with Crippen molar-refractivity contribution in [1.29, 1.82) is 0 Å². The number of aromatic hydroxyl groups is 1. The van der Waals surface area contributed by atoms with Gasteiger partial charge in [0.1, 0.15) is 11.5 Å². The van der Waals surface area contributed by atoms with E-state index in [1.807, 2.05) is 17.0 Å². The molecule has 1 saturated carbocycles. The molecule has 110 valence electrons. The van der Waals surface area contributed by atoms with Gasteiger partial charge >= 0.3 is 0 Å². The molecule has 0 unspecified atom stereocenters. The molecular formula is C16H18N2O3. The number of carbonyl (C=O) groups is 1. The van der Waals surface area contributed by atoms with E-state index in [4.69, 9.17) is 4.42 Å². The molecule has 0 spiro atoms. The van der Waals surface area contributed by atoms with Gasteiger partial charge in [-0.25, -0.2) is 0 Å². The molecule has 1 amide bonds. The molecule has 1 N–H and O–H groups in total. The van der Waals surface area contributed by atoms with Crippen molar-refractivity contribution in [2.45, 2.75) is 38.3 Å². The van der Waals surface area contributed by atoms with Crippen molar-refractivity contribution < 1.29 is 14.3 Å². The number of nitrogens with zero attached hydrogens (tertiary/aromatic N) is 2. The summed E-state index contributed by atoms with van der Waals surface area (Å²) in [7, 11) is 0. The van der Waals surface area contributed by atoms with Gasteiger partial charge in [-0.2, -0.15) is 0 Å². The Hall–Kier alpha value is -2.30. The average molecular weight is 286 g/mol. The predicted molar refractivity (Wildman–Crippen MR) is 76.7 cm³/mol. The van der Waals surface area contributed by atoms with E-state index in [0.717, 1.165) is 31.4 Å². The molecule has 1 aliphatic rings. The first-order valence-corrected chi connectivity index (χ1v) is 7.21. The number of pyridine rings is 1. The largest absolute Gasteiger partial charge is 0.506 e. The van der Waals surface area contributed by atoms with Crippen molar-refractivity contribution in [2.75, 3.05) is 0 Å². The smallest absolute Gasteiger partial charge is 0.256 e. The van der Waals surface area contributed by atoms with Crippen LogP contribution in [0.2, 0.25) is 0 Å². The lowest BCUT2D eigenvalue weighted by atomic mass is 10.1. The van der Waals surface area contributed by atoms with Gasteiger partial charge in [-0.1, -0.05) is 12.8 Å². The first-order chi connectivity index (χ1) is 10.2. The van der Waals surface area contributed by atoms with E-state index in [2.05, 4.69) is 4.98 Å². The van der Waals surface area contributed by atoms with Crippen LogP contribution in [0.3, 0.4) is 0 Å². The molecule has 3 rings (SSSR count). The number of furan rings is 1. The molecule has 5 heteroatoms. The number of hydrogen-bond donors (Lipinski definition) is 1. The van der Waals surface area contributed by atoms with Gasteiger partial charge in [-0.05, 0) is 31.0 Å². The minimum absolute atomic E-state index is 0.00483. The van der Waals surface area contributed by atoms with Crippen LogP contribution < -0.4 is 0 Å². The lowest BCUT2D eigenvalue weighted by molar-refractivity contribution is 0.0648. The first-order valence-electron chi connectivity index (χ1n) is 7.21. The molecule has 0 atom stereocenters. The molecule has 0 aliphatic heterocycles. The Balaban J connectivity index is 1.85. The maximum Gasteiger partial charge on any atom is 0.256 e. The highest BCUT2D eigenvalue weighted by atomic mass is 16.3. The summed E-state index contributed by atoms with van der Waals surface area (Å²) in [6.45, 7) is 0.451. The topological polar surface area (TPSA) is 66.6 Å². The average Bonchev–Trinajstić information content (AvgIpc) is 3.17. The lowest BCUT2D eigenvalue weighted by Gasteiger charge is -2.28. The van der Waals surface area contributed by atoms with Gasteiger partial charge in [0.15, 0.2) is 0 Å². The zero-order valence-corrected chi connectivity index (χ0v) is 11.7. The Morgan fingerprint density at radius 2 is 2.19 bits per heavy atom. The molecule has 1 aliphatic carbocycles. The number of aromatic nitrogens is 1. The molecule has 1 fully saturated rings. The highest BCUT2D eigenvalue weighted by Gasteiger charge is 2.28. The molecule has 0 saturated heterocycles. The summed E-state index contributed by atoms with van der Waals surface area (Å²) in [6, 6.07) is 5.38. The maximum atomic E-state index is 12.7. The van der Waals surface area contributed by atoms with E-state index in [-0.39, 0.29) is 17.7 Å². The summed E-state index contributed by atoms with van der Waals surface area (Å²) in [5.74, 6) is 0.662. The van der Waals surface area contributed by atoms with Gasteiger partial charge in [-0.15, -0.1) is 0 Å². The number of rotatable bonds is 4. The highest BCUT2D eigenvalue weighted by molar-refractivity contribution is 5.94. The van der Waals surface area contributed by atoms with Gasteiger partial charge < -0.3 is 14.4 Å². The van der Waals surface area contributed by atoms with Gasteiger partial charge in [0.25, 0.3) is 5.91 Å². The normalized spacial score (nSPS) is 15.2. The molecule has 0 aromatic carbocycles. The summed E-state index contributed by atoms with van der Waals surface area (Å²) in [5, 5.41) is 9.51. The second-order valence-corrected chi connectivity index (χ2v) is 5.38. The van der Waals surface area contributed by atoms with Crippen molar-refractivity contribution in [3.8, 4) is 5.75 Å². The van der Waals surface area contributed by atoms with Crippen LogP contribution in [-0.2, 0) is 6.54 Å². The lowest BCUT2D eigenvalue weighted by Crippen LogP contribution is -2.38. The fraction of sp³-hybridized carbons (Fsp3) is 0.375. The van der Waals surface area contributed by atoms with Crippen molar-refractivity contribution in [1.82, 2.24) is 9.88 Å². The van der Waals surface area contributed by atoms with Crippen LogP contribution in [0.15, 0.2) is 41.3 Å². The maximum absolute atomic E-state index is 12.7. The Kier molecular flexibility index (Phi) is 3.90. The summed E-state index contributed by atoms with van der Waals surface area (Å²) in [6.07, 6.45) is 8.74. The van der Waals surface area contributed by atoms with E-state index in [1.165, 1.54) is 18.5 Å². The number of hydrogen-bond acceptors (Lipinski definition) is 4. The van der Waals surface area contributed by atoms with Crippen molar-refractivity contribution >= 4 is 5.91 Å². The zero-order chi connectivity index (χ0) is 14.7. The van der Waals surface area contributed by atoms with E-state index in [0.29, 0.717) is 12.1 Å².